The molecule has 0 saturated heterocycles. The normalized spacial score (nSPS) is 12.9. The first-order valence-corrected chi connectivity index (χ1v) is 4.03. The molecule has 0 aliphatic carbocycles. The minimum absolute atomic E-state index is 0.275. The van der Waals surface area contributed by atoms with Crippen LogP contribution in [0.5, 0.6) is 0 Å². The summed E-state index contributed by atoms with van der Waals surface area (Å²) in [6, 6.07) is 1.44. The molecular formula is C9H6F5NO. The lowest BCUT2D eigenvalue weighted by molar-refractivity contribution is -0.137. The third kappa shape index (κ3) is 2.68. The van der Waals surface area contributed by atoms with Crippen LogP contribution in [-0.2, 0) is 6.18 Å². The molecule has 0 aliphatic heterocycles. The van der Waals surface area contributed by atoms with Gasteiger partial charge < -0.3 is 5.21 Å². The number of hydrogen-bond acceptors (Lipinski definition) is 2. The topological polar surface area (TPSA) is 32.6 Å². The van der Waals surface area contributed by atoms with Crippen molar-refractivity contribution in [3.63, 3.8) is 0 Å². The number of benzene rings is 1. The fourth-order valence-corrected chi connectivity index (χ4v) is 1.08. The molecule has 0 atom stereocenters. The molecule has 16 heavy (non-hydrogen) atoms. The Hall–Kier alpha value is -1.66. The molecule has 1 N–H and O–H groups in total. The van der Waals surface area contributed by atoms with E-state index in [4.69, 9.17) is 5.21 Å². The fourth-order valence-electron chi connectivity index (χ4n) is 1.08. The van der Waals surface area contributed by atoms with E-state index in [1.807, 2.05) is 0 Å². The highest BCUT2D eigenvalue weighted by Gasteiger charge is 2.31. The predicted molar refractivity (Wildman–Crippen MR) is 45.7 cm³/mol. The van der Waals surface area contributed by atoms with Crippen LogP contribution >= 0.6 is 0 Å². The molecule has 7 heteroatoms. The van der Waals surface area contributed by atoms with Crippen molar-refractivity contribution in [1.29, 1.82) is 0 Å². The van der Waals surface area contributed by atoms with Crippen LogP contribution in [-0.4, -0.2) is 17.6 Å². The summed E-state index contributed by atoms with van der Waals surface area (Å²) >= 11 is 0. The van der Waals surface area contributed by atoms with Crippen molar-refractivity contribution < 1.29 is 27.2 Å². The van der Waals surface area contributed by atoms with Crippen LogP contribution in [0.3, 0.4) is 0 Å². The quantitative estimate of drug-likeness (QED) is 0.366. The minimum Gasteiger partial charge on any atom is -0.411 e. The van der Waals surface area contributed by atoms with Gasteiger partial charge in [0.25, 0.3) is 0 Å². The molecule has 0 heterocycles. The maximum atomic E-state index is 12.8. The molecule has 0 aromatic heterocycles. The van der Waals surface area contributed by atoms with Crippen molar-refractivity contribution in [3.8, 4) is 0 Å². The molecule has 2 nitrogen and oxygen atoms in total. The summed E-state index contributed by atoms with van der Waals surface area (Å²) in [4.78, 5) is 0. The average Bonchev–Trinajstić information content (AvgIpc) is 2.17. The monoisotopic (exact) mass is 239 g/mol. The van der Waals surface area contributed by atoms with Crippen LogP contribution in [0.15, 0.2) is 23.4 Å². The van der Waals surface area contributed by atoms with E-state index in [-0.39, 0.29) is 6.07 Å². The Kier molecular flexibility index (Phi) is 3.46. The lowest BCUT2D eigenvalue weighted by atomic mass is 10.1. The maximum Gasteiger partial charge on any atom is 0.416 e. The number of halogens is 5. The molecule has 0 bridgehead atoms. The van der Waals surface area contributed by atoms with E-state index in [9.17, 15) is 22.0 Å². The fraction of sp³-hybridized carbons (Fsp3) is 0.222. The van der Waals surface area contributed by atoms with Crippen molar-refractivity contribution in [2.45, 2.75) is 6.18 Å². The molecule has 1 aromatic carbocycles. The molecule has 0 spiro atoms. The molecule has 0 saturated carbocycles. The van der Waals surface area contributed by atoms with Crippen molar-refractivity contribution in [3.05, 3.63) is 35.1 Å². The molecule has 0 unspecified atom stereocenters. The molecule has 0 radical (unpaired) electrons. The zero-order valence-corrected chi connectivity index (χ0v) is 7.72. The van der Waals surface area contributed by atoms with Gasteiger partial charge in [-0.05, 0) is 18.2 Å². The van der Waals surface area contributed by atoms with Crippen LogP contribution in [0.25, 0.3) is 0 Å². The van der Waals surface area contributed by atoms with E-state index >= 15 is 0 Å². The third-order valence-electron chi connectivity index (χ3n) is 1.81. The molecule has 0 fully saturated rings. The predicted octanol–water partition coefficient (Wildman–Crippen LogP) is 2.99. The number of rotatable bonds is 2. The van der Waals surface area contributed by atoms with Gasteiger partial charge in [-0.2, -0.15) is 13.2 Å². The zero-order valence-electron chi connectivity index (χ0n) is 7.72. The van der Waals surface area contributed by atoms with Gasteiger partial charge in [-0.15, -0.1) is 0 Å². The summed E-state index contributed by atoms with van der Waals surface area (Å²) in [5.41, 5.74) is -2.38. The first-order valence-electron chi connectivity index (χ1n) is 4.03. The Morgan fingerprint density at radius 1 is 1.25 bits per heavy atom. The van der Waals surface area contributed by atoms with Gasteiger partial charge in [0.1, 0.15) is 18.2 Å². The second-order valence-corrected chi connectivity index (χ2v) is 2.91. The number of oxime groups is 1. The summed E-state index contributed by atoms with van der Waals surface area (Å²) in [5.74, 6) is -1.18. The highest BCUT2D eigenvalue weighted by atomic mass is 19.4. The second-order valence-electron chi connectivity index (χ2n) is 2.91. The van der Waals surface area contributed by atoms with Gasteiger partial charge in [0, 0.05) is 5.56 Å². The van der Waals surface area contributed by atoms with E-state index in [1.165, 1.54) is 0 Å². The molecule has 1 aromatic rings. The number of hydrogen-bond donors (Lipinski definition) is 1. The minimum atomic E-state index is -4.74. The molecule has 88 valence electrons. The van der Waals surface area contributed by atoms with Gasteiger partial charge in [-0.3, -0.25) is 0 Å². The van der Waals surface area contributed by atoms with Crippen molar-refractivity contribution in [1.82, 2.24) is 0 Å². The third-order valence-corrected chi connectivity index (χ3v) is 1.81. The summed E-state index contributed by atoms with van der Waals surface area (Å²) in [5, 5.41) is 10.8. The van der Waals surface area contributed by atoms with E-state index in [0.29, 0.717) is 12.1 Å². The van der Waals surface area contributed by atoms with Crippen LogP contribution in [0, 0.1) is 5.82 Å². The van der Waals surface area contributed by atoms with Gasteiger partial charge in [-0.1, -0.05) is 5.16 Å². The van der Waals surface area contributed by atoms with Crippen LogP contribution < -0.4 is 0 Å². The smallest absolute Gasteiger partial charge is 0.411 e. The maximum absolute atomic E-state index is 12.8. The van der Waals surface area contributed by atoms with Crippen LogP contribution in [0.4, 0.5) is 22.0 Å². The Bertz CT molecular complexity index is 413. The first-order chi connectivity index (χ1) is 7.38. The van der Waals surface area contributed by atoms with E-state index in [2.05, 4.69) is 5.16 Å². The Labute approximate surface area is 87.0 Å². The van der Waals surface area contributed by atoms with Crippen molar-refractivity contribution >= 4 is 5.71 Å². The number of alkyl halides is 4. The molecule has 1 rings (SSSR count). The van der Waals surface area contributed by atoms with E-state index in [1.54, 1.807) is 0 Å². The molecule has 0 amide bonds. The Balaban J connectivity index is 3.28. The van der Waals surface area contributed by atoms with Crippen molar-refractivity contribution in [2.75, 3.05) is 6.67 Å². The Morgan fingerprint density at radius 3 is 2.31 bits per heavy atom. The van der Waals surface area contributed by atoms with Crippen molar-refractivity contribution in [2.24, 2.45) is 5.16 Å². The van der Waals surface area contributed by atoms with E-state index in [0.717, 1.165) is 0 Å². The lowest BCUT2D eigenvalue weighted by Gasteiger charge is -2.08. The molecular weight excluding hydrogens is 233 g/mol. The van der Waals surface area contributed by atoms with Gasteiger partial charge in [0.05, 0.1) is 5.56 Å². The van der Waals surface area contributed by atoms with Gasteiger partial charge in [0.2, 0.25) is 0 Å². The van der Waals surface area contributed by atoms with Gasteiger partial charge in [-0.25, -0.2) is 8.78 Å². The molecule has 0 aliphatic rings. The van der Waals surface area contributed by atoms with Crippen LogP contribution in [0.1, 0.15) is 11.1 Å². The summed E-state index contributed by atoms with van der Waals surface area (Å²) < 4.78 is 61.8. The first kappa shape index (κ1) is 12.4. The van der Waals surface area contributed by atoms with E-state index < -0.39 is 35.5 Å². The highest BCUT2D eigenvalue weighted by molar-refractivity contribution is 6.01. The summed E-state index contributed by atoms with van der Waals surface area (Å²) in [6.07, 6.45) is -4.74. The lowest BCUT2D eigenvalue weighted by Crippen LogP contribution is -2.10. The SMILES string of the molecule is ON=C(CF)c1cc(F)cc(C(F)(F)F)c1. The van der Waals surface area contributed by atoms with Gasteiger partial charge >= 0.3 is 6.18 Å². The average molecular weight is 239 g/mol. The number of nitrogens with zero attached hydrogens (tertiary/aromatic N) is 1. The summed E-state index contributed by atoms with van der Waals surface area (Å²) in [6.45, 7) is -1.29. The Morgan fingerprint density at radius 2 is 1.88 bits per heavy atom. The van der Waals surface area contributed by atoms with Gasteiger partial charge in [0.15, 0.2) is 0 Å². The largest absolute Gasteiger partial charge is 0.416 e. The standard InChI is InChI=1S/C9H6F5NO/c10-4-8(15-16)5-1-6(9(12,13)14)3-7(11)2-5/h1-3,16H,4H2. The second kappa shape index (κ2) is 4.46. The van der Waals surface area contributed by atoms with Crippen LogP contribution in [0.2, 0.25) is 0 Å². The highest BCUT2D eigenvalue weighted by Crippen LogP contribution is 2.30. The zero-order chi connectivity index (χ0) is 12.3. The summed E-state index contributed by atoms with van der Waals surface area (Å²) in [7, 11) is 0.